The summed E-state index contributed by atoms with van der Waals surface area (Å²) in [7, 11) is 0. The van der Waals surface area contributed by atoms with Gasteiger partial charge in [-0.2, -0.15) is 0 Å². The zero-order chi connectivity index (χ0) is 23.5. The molecule has 2 heterocycles. The van der Waals surface area contributed by atoms with E-state index in [-0.39, 0.29) is 36.4 Å². The Morgan fingerprint density at radius 3 is 2.38 bits per heavy atom. The summed E-state index contributed by atoms with van der Waals surface area (Å²) >= 11 is 0. The van der Waals surface area contributed by atoms with Gasteiger partial charge in [-0.05, 0) is 37.1 Å². The molecule has 8 nitrogen and oxygen atoms in total. The number of para-hydroxylation sites is 2. The molecule has 0 bridgehead atoms. The molecule has 2 aromatic carbocycles. The number of carbonyl (C=O) groups excluding carboxylic acids is 2. The van der Waals surface area contributed by atoms with Gasteiger partial charge >= 0.3 is 0 Å². The van der Waals surface area contributed by atoms with Crippen LogP contribution in [0.25, 0.3) is 10.9 Å². The number of carbonyl (C=O) groups is 2. The molecule has 34 heavy (non-hydrogen) atoms. The Kier molecular flexibility index (Phi) is 6.29. The van der Waals surface area contributed by atoms with E-state index in [2.05, 4.69) is 27.3 Å². The topological polar surface area (TPSA) is 87.5 Å². The van der Waals surface area contributed by atoms with Gasteiger partial charge in [0.25, 0.3) is 5.56 Å². The lowest BCUT2D eigenvalue weighted by Crippen LogP contribution is -2.51. The van der Waals surface area contributed by atoms with E-state index in [1.54, 1.807) is 15.5 Å². The van der Waals surface area contributed by atoms with E-state index in [1.807, 2.05) is 36.4 Å². The molecule has 8 heteroatoms. The van der Waals surface area contributed by atoms with E-state index in [4.69, 9.17) is 0 Å². The molecule has 1 saturated carbocycles. The Balaban J connectivity index is 1.13. The lowest BCUT2D eigenvalue weighted by atomic mass is 10.2. The van der Waals surface area contributed by atoms with Crippen molar-refractivity contribution in [3.8, 4) is 0 Å². The average molecular weight is 460 g/mol. The fourth-order valence-corrected chi connectivity index (χ4v) is 4.53. The van der Waals surface area contributed by atoms with Gasteiger partial charge in [-0.3, -0.25) is 19.0 Å². The Morgan fingerprint density at radius 1 is 0.941 bits per heavy atom. The fourth-order valence-electron chi connectivity index (χ4n) is 4.53. The van der Waals surface area contributed by atoms with Gasteiger partial charge in [0.2, 0.25) is 11.8 Å². The third kappa shape index (κ3) is 4.81. The molecule has 1 N–H and O–H groups in total. The molecule has 1 aliphatic carbocycles. The molecule has 2 fully saturated rings. The van der Waals surface area contributed by atoms with Crippen molar-refractivity contribution in [1.29, 1.82) is 0 Å². The molecule has 5 rings (SSSR count). The number of benzene rings is 2. The molecule has 2 amide bonds. The monoisotopic (exact) mass is 459 g/mol. The lowest BCUT2D eigenvalue weighted by molar-refractivity contribution is -0.133. The highest BCUT2D eigenvalue weighted by atomic mass is 16.2. The number of hydrogen-bond acceptors (Lipinski definition) is 5. The second-order valence-electron chi connectivity index (χ2n) is 8.93. The summed E-state index contributed by atoms with van der Waals surface area (Å²) in [6.45, 7) is 2.81. The van der Waals surface area contributed by atoms with E-state index in [0.717, 1.165) is 31.6 Å². The third-order valence-corrected chi connectivity index (χ3v) is 6.56. The molecule has 176 valence electrons. The molecular weight excluding hydrogens is 430 g/mol. The summed E-state index contributed by atoms with van der Waals surface area (Å²) in [5, 5.41) is 3.36. The number of anilines is 1. The van der Waals surface area contributed by atoms with Crippen molar-refractivity contribution in [2.45, 2.75) is 31.7 Å². The lowest BCUT2D eigenvalue weighted by Gasteiger charge is -2.36. The maximum absolute atomic E-state index is 12.9. The van der Waals surface area contributed by atoms with E-state index < -0.39 is 0 Å². The van der Waals surface area contributed by atoms with Crippen LogP contribution in [0.3, 0.4) is 0 Å². The third-order valence-electron chi connectivity index (χ3n) is 6.56. The number of aromatic nitrogens is 2. The van der Waals surface area contributed by atoms with E-state index in [0.29, 0.717) is 36.2 Å². The first-order chi connectivity index (χ1) is 16.6. The van der Waals surface area contributed by atoms with Gasteiger partial charge in [-0.25, -0.2) is 4.98 Å². The van der Waals surface area contributed by atoms with Crippen LogP contribution in [0, 0.1) is 0 Å². The quantitative estimate of drug-likeness (QED) is 0.585. The molecule has 0 spiro atoms. The summed E-state index contributed by atoms with van der Waals surface area (Å²) in [4.78, 5) is 46.8. The van der Waals surface area contributed by atoms with E-state index in [1.165, 1.54) is 0 Å². The summed E-state index contributed by atoms with van der Waals surface area (Å²) < 4.78 is 1.76. The van der Waals surface area contributed by atoms with Gasteiger partial charge in [0.1, 0.15) is 5.82 Å². The maximum Gasteiger partial charge on any atom is 0.261 e. The Morgan fingerprint density at radius 2 is 1.65 bits per heavy atom. The van der Waals surface area contributed by atoms with Crippen molar-refractivity contribution in [2.75, 3.05) is 37.6 Å². The fraction of sp³-hybridized carbons (Fsp3) is 0.385. The van der Waals surface area contributed by atoms with Crippen LogP contribution in [-0.2, 0) is 16.0 Å². The average Bonchev–Trinajstić information content (AvgIpc) is 3.72. The molecule has 0 radical (unpaired) electrons. The number of amides is 2. The highest BCUT2D eigenvalue weighted by Gasteiger charge is 2.28. The Hall–Kier alpha value is -3.68. The summed E-state index contributed by atoms with van der Waals surface area (Å²) in [6, 6.07) is 17.7. The molecule has 0 unspecified atom stereocenters. The predicted octanol–water partition coefficient (Wildman–Crippen LogP) is 2.13. The molecule has 1 saturated heterocycles. The normalized spacial score (nSPS) is 16.0. The number of rotatable bonds is 7. The van der Waals surface area contributed by atoms with Crippen LogP contribution in [0.1, 0.15) is 31.1 Å². The predicted molar refractivity (Wildman–Crippen MR) is 131 cm³/mol. The van der Waals surface area contributed by atoms with Gasteiger partial charge in [-0.15, -0.1) is 0 Å². The van der Waals surface area contributed by atoms with Crippen molar-refractivity contribution in [3.63, 3.8) is 0 Å². The van der Waals surface area contributed by atoms with Gasteiger partial charge in [0, 0.05) is 50.7 Å². The summed E-state index contributed by atoms with van der Waals surface area (Å²) in [6.07, 6.45) is 2.48. The first-order valence-corrected chi connectivity index (χ1v) is 11.9. The highest BCUT2D eigenvalue weighted by Crippen LogP contribution is 2.34. The number of nitrogens with zero attached hydrogens (tertiary/aromatic N) is 4. The second-order valence-corrected chi connectivity index (χ2v) is 8.93. The maximum atomic E-state index is 12.9. The van der Waals surface area contributed by atoms with Crippen molar-refractivity contribution < 1.29 is 9.59 Å². The molecule has 1 aliphatic heterocycles. The molecular formula is C26H29N5O3. The first kappa shape index (κ1) is 22.1. The number of nitrogens with one attached hydrogen (secondary N) is 1. The second kappa shape index (κ2) is 9.67. The van der Waals surface area contributed by atoms with Crippen molar-refractivity contribution in [1.82, 2.24) is 19.8 Å². The summed E-state index contributed by atoms with van der Waals surface area (Å²) in [5.74, 6) is 0.366. The molecule has 0 atom stereocenters. The molecule has 1 aromatic heterocycles. The van der Waals surface area contributed by atoms with Gasteiger partial charge < -0.3 is 15.1 Å². The Labute approximate surface area is 198 Å². The zero-order valence-corrected chi connectivity index (χ0v) is 19.2. The number of piperazine rings is 1. The van der Waals surface area contributed by atoms with Crippen LogP contribution in [0.5, 0.6) is 0 Å². The number of aryl methyl sites for hydroxylation is 1. The Bertz CT molecular complexity index is 1240. The van der Waals surface area contributed by atoms with E-state index in [9.17, 15) is 14.4 Å². The molecule has 2 aliphatic rings. The minimum Gasteiger partial charge on any atom is -0.368 e. The van der Waals surface area contributed by atoms with Crippen LogP contribution < -0.4 is 15.8 Å². The van der Waals surface area contributed by atoms with Crippen LogP contribution >= 0.6 is 0 Å². The largest absolute Gasteiger partial charge is 0.368 e. The van der Waals surface area contributed by atoms with Gasteiger partial charge in [0.05, 0.1) is 17.4 Å². The zero-order valence-electron chi connectivity index (χ0n) is 19.2. The van der Waals surface area contributed by atoms with Crippen molar-refractivity contribution in [2.24, 2.45) is 0 Å². The standard InChI is InChI=1S/C26H29N5O3/c32-24(27-18-25(33)30-16-14-29(15-17-30)19-6-2-1-3-7-19)13-12-23-28-22-9-5-4-8-21(22)26(34)31(23)20-10-11-20/h1-9,20H,10-18H2,(H,27,32). The van der Waals surface area contributed by atoms with Crippen molar-refractivity contribution in [3.05, 3.63) is 70.8 Å². The number of hydrogen-bond donors (Lipinski definition) is 1. The van der Waals surface area contributed by atoms with E-state index >= 15 is 0 Å². The van der Waals surface area contributed by atoms with Crippen molar-refractivity contribution >= 4 is 28.4 Å². The highest BCUT2D eigenvalue weighted by molar-refractivity contribution is 5.85. The van der Waals surface area contributed by atoms with Gasteiger partial charge in [0.15, 0.2) is 0 Å². The van der Waals surface area contributed by atoms with Crippen LogP contribution in [0.2, 0.25) is 0 Å². The summed E-state index contributed by atoms with van der Waals surface area (Å²) in [5.41, 5.74) is 1.79. The first-order valence-electron chi connectivity index (χ1n) is 11.9. The van der Waals surface area contributed by atoms with Crippen LogP contribution in [0.4, 0.5) is 5.69 Å². The minimum absolute atomic E-state index is 0.00918. The molecule has 3 aromatic rings. The smallest absolute Gasteiger partial charge is 0.261 e. The van der Waals surface area contributed by atoms with Crippen LogP contribution in [-0.4, -0.2) is 59.0 Å². The SMILES string of the molecule is O=C(CCc1nc2ccccc2c(=O)n1C1CC1)NCC(=O)N1CCN(c2ccccc2)CC1. The van der Waals surface area contributed by atoms with Crippen LogP contribution in [0.15, 0.2) is 59.4 Å². The van der Waals surface area contributed by atoms with Gasteiger partial charge in [-0.1, -0.05) is 30.3 Å². The minimum atomic E-state index is -0.207. The number of fused-ring (bicyclic) bond motifs is 1.